The molecular weight excluding hydrogens is 408 g/mol. The second kappa shape index (κ2) is 8.77. The van der Waals surface area contributed by atoms with Crippen molar-refractivity contribution in [3.8, 4) is 5.75 Å². The summed E-state index contributed by atoms with van der Waals surface area (Å²) in [5.74, 6) is -0.262. The average molecular weight is 421 g/mol. The lowest BCUT2D eigenvalue weighted by Crippen LogP contribution is -2.14. The second-order valence-corrected chi connectivity index (χ2v) is 6.75. The zero-order valence-electron chi connectivity index (χ0n) is 13.0. The third kappa shape index (κ3) is 5.25. The molecule has 0 bridgehead atoms. The first-order valence-corrected chi connectivity index (χ1v) is 8.64. The van der Waals surface area contributed by atoms with E-state index >= 15 is 0 Å². The molecule has 0 saturated carbocycles. The zero-order valence-corrected chi connectivity index (χ0v) is 16.1. The van der Waals surface area contributed by atoms with Gasteiger partial charge in [-0.05, 0) is 30.3 Å². The van der Waals surface area contributed by atoms with Crippen molar-refractivity contribution in [2.45, 2.75) is 12.8 Å². The summed E-state index contributed by atoms with van der Waals surface area (Å²) in [6.45, 7) is 0. The Labute approximate surface area is 165 Å². The van der Waals surface area contributed by atoms with Gasteiger partial charge in [-0.2, -0.15) is 0 Å². The summed E-state index contributed by atoms with van der Waals surface area (Å²) in [5, 5.41) is 3.78. The van der Waals surface area contributed by atoms with Crippen LogP contribution in [0.1, 0.15) is 23.2 Å². The van der Waals surface area contributed by atoms with Gasteiger partial charge in [0.25, 0.3) is 0 Å². The number of Topliss-reactive ketones (excluding diaryl/α,β-unsaturated/α-hetero) is 1. The lowest BCUT2D eigenvalue weighted by atomic mass is 10.1. The van der Waals surface area contributed by atoms with E-state index in [2.05, 4.69) is 5.32 Å². The summed E-state index contributed by atoms with van der Waals surface area (Å²) in [6.07, 6.45) is -0.0743. The minimum Gasteiger partial charge on any atom is -0.496 e. The molecule has 0 heterocycles. The zero-order chi connectivity index (χ0) is 18.6. The molecule has 2 rings (SSSR count). The van der Waals surface area contributed by atoms with Crippen molar-refractivity contribution < 1.29 is 14.3 Å². The standard InChI is InChI=1S/C17H13Cl4NO3/c1-25-15-4-2-9(18)6-11(15)14(23)3-5-16(24)22-17-12(20)7-10(19)8-13(17)21/h2,4,6-8H,3,5H2,1H3,(H,22,24). The number of carbonyl (C=O) groups is 2. The first-order chi connectivity index (χ1) is 11.8. The Morgan fingerprint density at radius 2 is 1.60 bits per heavy atom. The summed E-state index contributed by atoms with van der Waals surface area (Å²) in [6, 6.07) is 7.66. The van der Waals surface area contributed by atoms with Crippen molar-refractivity contribution >= 4 is 63.8 Å². The topological polar surface area (TPSA) is 55.4 Å². The third-order valence-corrected chi connectivity index (χ3v) is 4.36. The van der Waals surface area contributed by atoms with Crippen LogP contribution >= 0.6 is 46.4 Å². The van der Waals surface area contributed by atoms with E-state index in [9.17, 15) is 9.59 Å². The number of benzene rings is 2. The molecule has 132 valence electrons. The van der Waals surface area contributed by atoms with Crippen LogP contribution in [0.25, 0.3) is 0 Å². The highest BCUT2D eigenvalue weighted by atomic mass is 35.5. The Balaban J connectivity index is 2.03. The number of ether oxygens (including phenoxy) is 1. The molecule has 25 heavy (non-hydrogen) atoms. The second-order valence-electron chi connectivity index (χ2n) is 5.06. The molecule has 0 radical (unpaired) electrons. The highest BCUT2D eigenvalue weighted by molar-refractivity contribution is 6.42. The van der Waals surface area contributed by atoms with E-state index in [1.54, 1.807) is 12.1 Å². The Morgan fingerprint density at radius 1 is 0.960 bits per heavy atom. The van der Waals surface area contributed by atoms with Gasteiger partial charge in [-0.15, -0.1) is 0 Å². The quantitative estimate of drug-likeness (QED) is 0.591. The summed E-state index contributed by atoms with van der Waals surface area (Å²) in [5.41, 5.74) is 0.580. The molecule has 2 aromatic rings. The summed E-state index contributed by atoms with van der Waals surface area (Å²) in [7, 11) is 1.46. The van der Waals surface area contributed by atoms with E-state index in [1.165, 1.54) is 25.3 Å². The Bertz CT molecular complexity index is 801. The number of hydrogen-bond acceptors (Lipinski definition) is 3. The molecule has 2 aromatic carbocycles. The summed E-state index contributed by atoms with van der Waals surface area (Å²) < 4.78 is 5.14. The van der Waals surface area contributed by atoms with Gasteiger partial charge < -0.3 is 10.1 Å². The maximum Gasteiger partial charge on any atom is 0.224 e. The molecule has 4 nitrogen and oxygen atoms in total. The van der Waals surface area contributed by atoms with Crippen molar-refractivity contribution in [3.05, 3.63) is 56.0 Å². The number of ketones is 1. The van der Waals surface area contributed by atoms with Crippen molar-refractivity contribution in [3.63, 3.8) is 0 Å². The van der Waals surface area contributed by atoms with Gasteiger partial charge in [0.1, 0.15) is 5.75 Å². The van der Waals surface area contributed by atoms with Crippen LogP contribution in [0, 0.1) is 0 Å². The Morgan fingerprint density at radius 3 is 2.20 bits per heavy atom. The normalized spacial score (nSPS) is 10.4. The molecule has 0 aliphatic heterocycles. The first kappa shape index (κ1) is 19.9. The Hall–Kier alpha value is -1.46. The molecule has 0 spiro atoms. The van der Waals surface area contributed by atoms with Crippen LogP contribution in [0.2, 0.25) is 20.1 Å². The highest BCUT2D eigenvalue weighted by Crippen LogP contribution is 2.33. The number of rotatable bonds is 6. The predicted octanol–water partition coefficient (Wildman–Crippen LogP) is 5.91. The maximum atomic E-state index is 12.3. The smallest absolute Gasteiger partial charge is 0.224 e. The van der Waals surface area contributed by atoms with Crippen LogP contribution in [0.15, 0.2) is 30.3 Å². The Kier molecular flexibility index (Phi) is 6.96. The van der Waals surface area contributed by atoms with Crippen molar-refractivity contribution in [2.75, 3.05) is 12.4 Å². The largest absolute Gasteiger partial charge is 0.496 e. The van der Waals surface area contributed by atoms with Gasteiger partial charge in [-0.3, -0.25) is 9.59 Å². The van der Waals surface area contributed by atoms with E-state index in [1.807, 2.05) is 0 Å². The van der Waals surface area contributed by atoms with Crippen molar-refractivity contribution in [2.24, 2.45) is 0 Å². The van der Waals surface area contributed by atoms with Gasteiger partial charge >= 0.3 is 0 Å². The highest BCUT2D eigenvalue weighted by Gasteiger charge is 2.16. The molecule has 0 aromatic heterocycles. The number of halogens is 4. The molecule has 0 aliphatic carbocycles. The monoisotopic (exact) mass is 419 g/mol. The number of amides is 1. The number of nitrogens with one attached hydrogen (secondary N) is 1. The van der Waals surface area contributed by atoms with E-state index < -0.39 is 5.91 Å². The fraction of sp³-hybridized carbons (Fsp3) is 0.176. The van der Waals surface area contributed by atoms with Gasteiger partial charge in [0.15, 0.2) is 5.78 Å². The lowest BCUT2D eigenvalue weighted by molar-refractivity contribution is -0.116. The van der Waals surface area contributed by atoms with Crippen LogP contribution in [0.3, 0.4) is 0 Å². The SMILES string of the molecule is COc1ccc(Cl)cc1C(=O)CCC(=O)Nc1c(Cl)cc(Cl)cc1Cl. The predicted molar refractivity (Wildman–Crippen MR) is 102 cm³/mol. The molecule has 1 N–H and O–H groups in total. The molecule has 1 amide bonds. The number of methoxy groups -OCH3 is 1. The molecular formula is C17H13Cl4NO3. The van der Waals surface area contributed by atoms with Crippen LogP contribution in [0.5, 0.6) is 5.75 Å². The van der Waals surface area contributed by atoms with E-state index in [-0.39, 0.29) is 34.4 Å². The van der Waals surface area contributed by atoms with E-state index in [0.29, 0.717) is 21.4 Å². The number of hydrogen-bond donors (Lipinski definition) is 1. The maximum absolute atomic E-state index is 12.3. The minimum atomic E-state index is -0.402. The first-order valence-electron chi connectivity index (χ1n) is 7.13. The van der Waals surface area contributed by atoms with Gasteiger partial charge in [-0.25, -0.2) is 0 Å². The van der Waals surface area contributed by atoms with Gasteiger partial charge in [0.2, 0.25) is 5.91 Å². The number of anilines is 1. The molecule has 8 heteroatoms. The van der Waals surface area contributed by atoms with Crippen molar-refractivity contribution in [1.82, 2.24) is 0 Å². The molecule has 0 saturated heterocycles. The fourth-order valence-electron chi connectivity index (χ4n) is 2.12. The fourth-order valence-corrected chi connectivity index (χ4v) is 3.21. The van der Waals surface area contributed by atoms with Crippen LogP contribution < -0.4 is 10.1 Å². The summed E-state index contributed by atoms with van der Waals surface area (Å²) in [4.78, 5) is 24.4. The average Bonchev–Trinajstić information content (AvgIpc) is 2.55. The molecule has 0 fully saturated rings. The summed E-state index contributed by atoms with van der Waals surface area (Å²) >= 11 is 23.8. The number of carbonyl (C=O) groups excluding carboxylic acids is 2. The third-order valence-electron chi connectivity index (χ3n) is 3.31. The molecule has 0 aliphatic rings. The van der Waals surface area contributed by atoms with Crippen LogP contribution in [-0.2, 0) is 4.79 Å². The lowest BCUT2D eigenvalue weighted by Gasteiger charge is -2.10. The molecule has 0 atom stereocenters. The van der Waals surface area contributed by atoms with Crippen LogP contribution in [0.4, 0.5) is 5.69 Å². The van der Waals surface area contributed by atoms with E-state index in [4.69, 9.17) is 51.1 Å². The van der Waals surface area contributed by atoms with Gasteiger partial charge in [0, 0.05) is 22.9 Å². The minimum absolute atomic E-state index is 0.0225. The van der Waals surface area contributed by atoms with Crippen molar-refractivity contribution in [1.29, 1.82) is 0 Å². The van der Waals surface area contributed by atoms with E-state index in [0.717, 1.165) is 0 Å². The molecule has 0 unspecified atom stereocenters. The van der Waals surface area contributed by atoms with Gasteiger partial charge in [0.05, 0.1) is 28.4 Å². The van der Waals surface area contributed by atoms with Gasteiger partial charge in [-0.1, -0.05) is 46.4 Å². The van der Waals surface area contributed by atoms with Crippen LogP contribution in [-0.4, -0.2) is 18.8 Å².